The van der Waals surface area contributed by atoms with Gasteiger partial charge in [-0.1, -0.05) is 40.8 Å². The van der Waals surface area contributed by atoms with Crippen molar-refractivity contribution in [3.05, 3.63) is 47.3 Å². The average molecular weight is 427 g/mol. The van der Waals surface area contributed by atoms with Crippen molar-refractivity contribution < 1.29 is 18.9 Å². The molecule has 30 heavy (non-hydrogen) atoms. The molecule has 9 nitrogen and oxygen atoms in total. The van der Waals surface area contributed by atoms with E-state index < -0.39 is 6.03 Å². The molecule has 0 radical (unpaired) electrons. The second kappa shape index (κ2) is 9.31. The average Bonchev–Trinajstić information content (AvgIpc) is 3.26. The Balaban J connectivity index is 1.50. The first-order valence-corrected chi connectivity index (χ1v) is 10.0. The maximum Gasteiger partial charge on any atom is 0.321 e. The fraction of sp³-hybridized carbons (Fsp3) is 0.250. The van der Waals surface area contributed by atoms with Gasteiger partial charge in [0, 0.05) is 24.6 Å². The molecular weight excluding hydrogens is 406 g/mol. The van der Waals surface area contributed by atoms with E-state index in [1.807, 2.05) is 19.1 Å². The van der Waals surface area contributed by atoms with Crippen LogP contribution in [0.1, 0.15) is 35.2 Å². The lowest BCUT2D eigenvalue weighted by Crippen LogP contribution is -2.31. The molecule has 0 aliphatic heterocycles. The molecule has 0 spiro atoms. The number of benzene rings is 1. The molecule has 2 aromatic heterocycles. The van der Waals surface area contributed by atoms with Crippen molar-refractivity contribution in [1.29, 1.82) is 0 Å². The van der Waals surface area contributed by atoms with Gasteiger partial charge in [0.15, 0.2) is 16.7 Å². The van der Waals surface area contributed by atoms with Crippen molar-refractivity contribution in [2.24, 2.45) is 0 Å². The van der Waals surface area contributed by atoms with Crippen molar-refractivity contribution in [1.82, 2.24) is 15.5 Å². The number of urea groups is 1. The number of rotatable bonds is 7. The molecule has 0 atom stereocenters. The third-order valence-corrected chi connectivity index (χ3v) is 5.23. The quantitative estimate of drug-likeness (QED) is 0.493. The maximum absolute atomic E-state index is 12.1. The summed E-state index contributed by atoms with van der Waals surface area (Å²) in [6, 6.07) is 8.40. The zero-order valence-electron chi connectivity index (χ0n) is 16.7. The molecule has 0 aliphatic carbocycles. The molecule has 1 aromatic carbocycles. The van der Waals surface area contributed by atoms with Gasteiger partial charge in [-0.15, -0.1) is 0 Å². The summed E-state index contributed by atoms with van der Waals surface area (Å²) in [5.41, 5.74) is 2.33. The zero-order valence-corrected chi connectivity index (χ0v) is 17.6. The van der Waals surface area contributed by atoms with Gasteiger partial charge in [0.1, 0.15) is 5.76 Å². The van der Waals surface area contributed by atoms with Crippen molar-refractivity contribution in [3.63, 3.8) is 0 Å². The maximum atomic E-state index is 12.1. The summed E-state index contributed by atoms with van der Waals surface area (Å²) in [5.74, 6) is 0.649. The molecule has 0 unspecified atom stereocenters. The number of nitrogens with one attached hydrogen (secondary N) is 3. The van der Waals surface area contributed by atoms with E-state index in [0.29, 0.717) is 22.3 Å². The Morgan fingerprint density at radius 1 is 1.10 bits per heavy atom. The SMILES string of the molecule is CC(=O)c1ccc(-c2sc(NC(=O)NCCC(=O)Nc3cc(C)on3)nc2C)cc1. The van der Waals surface area contributed by atoms with E-state index in [1.165, 1.54) is 18.3 Å². The molecule has 156 valence electrons. The highest BCUT2D eigenvalue weighted by atomic mass is 32.1. The number of thiazole rings is 1. The van der Waals surface area contributed by atoms with E-state index in [0.717, 1.165) is 16.1 Å². The normalized spacial score (nSPS) is 10.5. The lowest BCUT2D eigenvalue weighted by Gasteiger charge is -2.05. The van der Waals surface area contributed by atoms with Crippen LogP contribution in [-0.4, -0.2) is 34.4 Å². The van der Waals surface area contributed by atoms with Crippen LogP contribution in [0.25, 0.3) is 10.4 Å². The number of aromatic nitrogens is 2. The Kier molecular flexibility index (Phi) is 6.58. The summed E-state index contributed by atoms with van der Waals surface area (Å²) in [7, 11) is 0. The lowest BCUT2D eigenvalue weighted by atomic mass is 10.1. The third-order valence-electron chi connectivity index (χ3n) is 4.10. The van der Waals surface area contributed by atoms with Gasteiger partial charge in [0.25, 0.3) is 0 Å². The fourth-order valence-electron chi connectivity index (χ4n) is 2.64. The summed E-state index contributed by atoms with van der Waals surface area (Å²) in [4.78, 5) is 40.6. The molecule has 3 rings (SSSR count). The van der Waals surface area contributed by atoms with E-state index >= 15 is 0 Å². The standard InChI is InChI=1S/C20H21N5O4S/c1-11-10-16(25-29-11)23-17(27)8-9-21-19(28)24-20-22-12(2)18(30-20)15-6-4-14(5-7-15)13(3)26/h4-7,10H,8-9H2,1-3H3,(H,23,25,27)(H2,21,22,24,28). The highest BCUT2D eigenvalue weighted by Gasteiger charge is 2.13. The Labute approximate surface area is 176 Å². The monoisotopic (exact) mass is 427 g/mol. The molecule has 3 amide bonds. The molecule has 3 aromatic rings. The highest BCUT2D eigenvalue weighted by Crippen LogP contribution is 2.32. The minimum atomic E-state index is -0.452. The molecule has 0 bridgehead atoms. The molecule has 0 saturated heterocycles. The largest absolute Gasteiger partial charge is 0.360 e. The van der Waals surface area contributed by atoms with E-state index in [4.69, 9.17) is 4.52 Å². The van der Waals surface area contributed by atoms with E-state index in [1.54, 1.807) is 25.1 Å². The summed E-state index contributed by atoms with van der Waals surface area (Å²) >= 11 is 1.33. The number of hydrogen-bond donors (Lipinski definition) is 3. The number of carbonyl (C=O) groups is 3. The predicted octanol–water partition coefficient (Wildman–Crippen LogP) is 3.77. The first kappa shape index (κ1) is 21.2. The van der Waals surface area contributed by atoms with Crippen molar-refractivity contribution in [2.75, 3.05) is 17.2 Å². The first-order chi connectivity index (χ1) is 14.3. The Morgan fingerprint density at radius 3 is 2.47 bits per heavy atom. The number of anilines is 2. The zero-order chi connectivity index (χ0) is 21.7. The summed E-state index contributed by atoms with van der Waals surface area (Å²) in [5, 5.41) is 12.0. The van der Waals surface area contributed by atoms with Crippen LogP contribution in [0.15, 0.2) is 34.9 Å². The molecule has 0 aliphatic rings. The minimum Gasteiger partial charge on any atom is -0.360 e. The number of aryl methyl sites for hydroxylation is 2. The molecular formula is C20H21N5O4S. The van der Waals surface area contributed by atoms with Gasteiger partial charge in [0.2, 0.25) is 5.91 Å². The third kappa shape index (κ3) is 5.51. The Hall–Kier alpha value is -3.53. The number of Topliss-reactive ketones (excluding diaryl/α,β-unsaturated/α-hetero) is 1. The second-order valence-corrected chi connectivity index (χ2v) is 7.57. The van der Waals surface area contributed by atoms with Crippen LogP contribution in [0.2, 0.25) is 0 Å². The summed E-state index contributed by atoms with van der Waals surface area (Å²) in [6.45, 7) is 5.25. The summed E-state index contributed by atoms with van der Waals surface area (Å²) in [6.07, 6.45) is 0.0873. The van der Waals surface area contributed by atoms with Gasteiger partial charge in [-0.25, -0.2) is 9.78 Å². The number of hydrogen-bond acceptors (Lipinski definition) is 7. The Morgan fingerprint density at radius 2 is 1.83 bits per heavy atom. The van der Waals surface area contributed by atoms with Gasteiger partial charge in [-0.05, 0) is 26.3 Å². The molecule has 3 N–H and O–H groups in total. The van der Waals surface area contributed by atoms with Gasteiger partial charge < -0.3 is 15.2 Å². The van der Waals surface area contributed by atoms with E-state index in [-0.39, 0.29) is 24.7 Å². The van der Waals surface area contributed by atoms with Gasteiger partial charge >= 0.3 is 6.03 Å². The van der Waals surface area contributed by atoms with Crippen LogP contribution in [0.4, 0.5) is 15.7 Å². The first-order valence-electron chi connectivity index (χ1n) is 9.18. The van der Waals surface area contributed by atoms with Crippen molar-refractivity contribution in [2.45, 2.75) is 27.2 Å². The van der Waals surface area contributed by atoms with Crippen LogP contribution in [0, 0.1) is 13.8 Å². The van der Waals surface area contributed by atoms with Gasteiger partial charge in [-0.2, -0.15) is 0 Å². The van der Waals surface area contributed by atoms with Crippen LogP contribution in [0.5, 0.6) is 0 Å². The number of carbonyl (C=O) groups excluding carboxylic acids is 3. The highest BCUT2D eigenvalue weighted by molar-refractivity contribution is 7.19. The molecule has 2 heterocycles. The van der Waals surface area contributed by atoms with Crippen LogP contribution < -0.4 is 16.0 Å². The Bertz CT molecular complexity index is 1070. The van der Waals surface area contributed by atoms with Crippen LogP contribution in [0.3, 0.4) is 0 Å². The van der Waals surface area contributed by atoms with Gasteiger partial charge in [-0.3, -0.25) is 14.9 Å². The van der Waals surface area contributed by atoms with E-state index in [2.05, 4.69) is 26.1 Å². The minimum absolute atomic E-state index is 0.00595. The molecule has 0 fully saturated rings. The fourth-order valence-corrected chi connectivity index (χ4v) is 3.60. The van der Waals surface area contributed by atoms with E-state index in [9.17, 15) is 14.4 Å². The van der Waals surface area contributed by atoms with Crippen molar-refractivity contribution in [3.8, 4) is 10.4 Å². The number of ketones is 1. The van der Waals surface area contributed by atoms with Crippen molar-refractivity contribution >= 4 is 40.0 Å². The summed E-state index contributed by atoms with van der Waals surface area (Å²) < 4.78 is 4.87. The molecule has 0 saturated carbocycles. The van der Waals surface area contributed by atoms with Crippen LogP contribution in [-0.2, 0) is 4.79 Å². The number of amides is 3. The second-order valence-electron chi connectivity index (χ2n) is 6.57. The molecule has 10 heteroatoms. The topological polar surface area (TPSA) is 126 Å². The lowest BCUT2D eigenvalue weighted by molar-refractivity contribution is -0.116. The smallest absolute Gasteiger partial charge is 0.321 e. The number of nitrogens with zero attached hydrogens (tertiary/aromatic N) is 2. The van der Waals surface area contributed by atoms with Crippen LogP contribution >= 0.6 is 11.3 Å². The predicted molar refractivity (Wildman–Crippen MR) is 114 cm³/mol. The van der Waals surface area contributed by atoms with Gasteiger partial charge in [0.05, 0.1) is 10.6 Å².